The number of halogens is 3. The predicted molar refractivity (Wildman–Crippen MR) is 136 cm³/mol. The minimum Gasteiger partial charge on any atom is -0.480 e. The van der Waals surface area contributed by atoms with Crippen molar-refractivity contribution in [2.75, 3.05) is 10.6 Å². The maximum Gasteiger partial charge on any atom is 0.418 e. The molecule has 0 saturated carbocycles. The first-order valence-electron chi connectivity index (χ1n) is 11.7. The zero-order chi connectivity index (χ0) is 28.3. The van der Waals surface area contributed by atoms with Crippen LogP contribution in [-0.4, -0.2) is 43.7 Å². The first-order chi connectivity index (χ1) is 18.5. The second kappa shape index (κ2) is 10.8. The van der Waals surface area contributed by atoms with E-state index in [1.54, 1.807) is 42.6 Å². The van der Waals surface area contributed by atoms with Crippen molar-refractivity contribution in [3.8, 4) is 11.4 Å². The number of nitrogens with zero attached hydrogens (tertiary/aromatic N) is 3. The number of para-hydroxylation sites is 1. The molecule has 2 heterocycles. The quantitative estimate of drug-likeness (QED) is 0.263. The molecular weight excluding hydrogens is 517 g/mol. The second-order valence-corrected chi connectivity index (χ2v) is 8.87. The summed E-state index contributed by atoms with van der Waals surface area (Å²) in [5.41, 5.74) is -0.121. The summed E-state index contributed by atoms with van der Waals surface area (Å²) in [7, 11) is 0. The third-order valence-corrected chi connectivity index (χ3v) is 5.78. The number of urea groups is 1. The van der Waals surface area contributed by atoms with Crippen LogP contribution in [0.1, 0.15) is 29.8 Å². The molecule has 0 aliphatic rings. The molecule has 0 saturated heterocycles. The van der Waals surface area contributed by atoms with E-state index in [1.807, 2.05) is 0 Å². The van der Waals surface area contributed by atoms with Crippen LogP contribution in [0.4, 0.5) is 29.3 Å². The summed E-state index contributed by atoms with van der Waals surface area (Å²) in [6.45, 7) is 3.36. The van der Waals surface area contributed by atoms with Gasteiger partial charge in [-0.25, -0.2) is 9.59 Å². The van der Waals surface area contributed by atoms with Gasteiger partial charge in [0, 0.05) is 17.4 Å². The number of carbonyl (C=O) groups is 3. The number of carboxylic acids is 1. The fourth-order valence-corrected chi connectivity index (χ4v) is 3.85. The fraction of sp³-hybridized carbons (Fsp3) is 0.192. The number of aliphatic carboxylic acids is 1. The van der Waals surface area contributed by atoms with E-state index in [4.69, 9.17) is 0 Å². The number of aromatic nitrogens is 3. The summed E-state index contributed by atoms with van der Waals surface area (Å²) in [4.78, 5) is 36.6. The van der Waals surface area contributed by atoms with Gasteiger partial charge in [-0.3, -0.25) is 9.20 Å². The lowest BCUT2D eigenvalue weighted by Crippen LogP contribution is -2.44. The molecule has 10 nitrogen and oxygen atoms in total. The van der Waals surface area contributed by atoms with Gasteiger partial charge in [0.25, 0.3) is 5.91 Å². The van der Waals surface area contributed by atoms with Crippen LogP contribution in [0.5, 0.6) is 0 Å². The van der Waals surface area contributed by atoms with E-state index in [0.717, 1.165) is 12.1 Å². The highest BCUT2D eigenvalue weighted by Crippen LogP contribution is 2.34. The molecule has 4 aromatic rings. The van der Waals surface area contributed by atoms with Gasteiger partial charge in [-0.15, -0.1) is 10.2 Å². The Morgan fingerprint density at radius 3 is 2.26 bits per heavy atom. The summed E-state index contributed by atoms with van der Waals surface area (Å²) in [6, 6.07) is 12.1. The topological polar surface area (TPSA) is 138 Å². The van der Waals surface area contributed by atoms with Gasteiger partial charge < -0.3 is 21.1 Å². The molecule has 0 bridgehead atoms. The Balaban J connectivity index is 1.51. The van der Waals surface area contributed by atoms with E-state index in [-0.39, 0.29) is 22.8 Å². The van der Waals surface area contributed by atoms with Gasteiger partial charge in [-0.1, -0.05) is 26.0 Å². The average molecular weight is 541 g/mol. The third kappa shape index (κ3) is 5.98. The number of alkyl halides is 3. The number of pyridine rings is 1. The molecule has 0 aliphatic carbocycles. The van der Waals surface area contributed by atoms with Crippen molar-refractivity contribution >= 4 is 34.9 Å². The molecule has 0 fully saturated rings. The average Bonchev–Trinajstić information content (AvgIpc) is 3.31. The van der Waals surface area contributed by atoms with Crippen LogP contribution >= 0.6 is 0 Å². The van der Waals surface area contributed by atoms with E-state index in [1.165, 1.54) is 30.3 Å². The van der Waals surface area contributed by atoms with Crippen LogP contribution in [0.3, 0.4) is 0 Å². The summed E-state index contributed by atoms with van der Waals surface area (Å²) in [6.07, 6.45) is -2.99. The molecule has 3 amide bonds. The number of anilines is 2. The van der Waals surface area contributed by atoms with E-state index >= 15 is 0 Å². The van der Waals surface area contributed by atoms with Crippen LogP contribution < -0.4 is 16.0 Å². The molecule has 4 N–H and O–H groups in total. The standard InChI is InChI=1S/C26H23F3N6O4/c1-14(2)20(24(37)38)32-23(36)17-6-5-13-35-21(33-34-22(17)35)15-9-11-16(12-10-15)30-25(39)31-19-8-4-3-7-18(19)26(27,28)29/h3-14,20H,1-2H3,(H,32,36)(H,37,38)(H2,30,31,39)/t20-/m0/s1. The van der Waals surface area contributed by atoms with E-state index in [2.05, 4.69) is 26.1 Å². The summed E-state index contributed by atoms with van der Waals surface area (Å²) in [5.74, 6) is -1.74. The minimum atomic E-state index is -4.63. The number of fused-ring (bicyclic) bond motifs is 1. The largest absolute Gasteiger partial charge is 0.480 e. The van der Waals surface area contributed by atoms with Crippen molar-refractivity contribution in [1.29, 1.82) is 0 Å². The van der Waals surface area contributed by atoms with Gasteiger partial charge >= 0.3 is 18.2 Å². The van der Waals surface area contributed by atoms with Crippen LogP contribution in [0.2, 0.25) is 0 Å². The molecule has 0 unspecified atom stereocenters. The summed E-state index contributed by atoms with van der Waals surface area (Å²) < 4.78 is 41.1. The number of hydrogen-bond donors (Lipinski definition) is 4. The Bertz CT molecular complexity index is 1530. The van der Waals surface area contributed by atoms with Gasteiger partial charge in [0.05, 0.1) is 16.8 Å². The number of amides is 3. The molecular formula is C26H23F3N6O4. The molecule has 13 heteroatoms. The van der Waals surface area contributed by atoms with Crippen molar-refractivity contribution < 1.29 is 32.7 Å². The van der Waals surface area contributed by atoms with Crippen LogP contribution in [0.15, 0.2) is 66.9 Å². The Labute approximate surface area is 219 Å². The molecule has 0 radical (unpaired) electrons. The molecule has 39 heavy (non-hydrogen) atoms. The van der Waals surface area contributed by atoms with Crippen molar-refractivity contribution in [1.82, 2.24) is 19.9 Å². The molecule has 2 aromatic carbocycles. The van der Waals surface area contributed by atoms with Gasteiger partial charge in [0.2, 0.25) is 0 Å². The normalized spacial score (nSPS) is 12.3. The fourth-order valence-electron chi connectivity index (χ4n) is 3.85. The molecule has 1 atom stereocenters. The Morgan fingerprint density at radius 2 is 1.62 bits per heavy atom. The maximum atomic E-state index is 13.2. The SMILES string of the molecule is CC(C)[C@H](NC(=O)c1cccn2c(-c3ccc(NC(=O)Nc4ccccc4C(F)(F)F)cc3)nnc12)C(=O)O. The number of hydrogen-bond acceptors (Lipinski definition) is 5. The van der Waals surface area contributed by atoms with E-state index in [9.17, 15) is 32.7 Å². The predicted octanol–water partition coefficient (Wildman–Crippen LogP) is 4.90. The second-order valence-electron chi connectivity index (χ2n) is 8.87. The van der Waals surface area contributed by atoms with Crippen molar-refractivity contribution in [2.45, 2.75) is 26.1 Å². The van der Waals surface area contributed by atoms with Gasteiger partial charge in [0.15, 0.2) is 11.5 Å². The highest BCUT2D eigenvalue weighted by atomic mass is 19.4. The first-order valence-corrected chi connectivity index (χ1v) is 11.7. The van der Waals surface area contributed by atoms with Crippen molar-refractivity contribution in [3.63, 3.8) is 0 Å². The zero-order valence-corrected chi connectivity index (χ0v) is 20.7. The molecule has 0 spiro atoms. The third-order valence-electron chi connectivity index (χ3n) is 5.78. The minimum absolute atomic E-state index is 0.136. The van der Waals surface area contributed by atoms with Gasteiger partial charge in [0.1, 0.15) is 6.04 Å². The first kappa shape index (κ1) is 27.1. The molecule has 4 rings (SSSR count). The van der Waals surface area contributed by atoms with Gasteiger partial charge in [-0.2, -0.15) is 13.2 Å². The molecule has 0 aliphatic heterocycles. The highest BCUT2D eigenvalue weighted by Gasteiger charge is 2.33. The highest BCUT2D eigenvalue weighted by molar-refractivity contribution is 6.02. The van der Waals surface area contributed by atoms with Crippen molar-refractivity contribution in [2.24, 2.45) is 5.92 Å². The molecule has 202 valence electrons. The number of rotatable bonds is 7. The monoisotopic (exact) mass is 540 g/mol. The lowest BCUT2D eigenvalue weighted by molar-refractivity contribution is -0.140. The molecule has 2 aromatic heterocycles. The number of benzene rings is 2. The van der Waals surface area contributed by atoms with Crippen LogP contribution in [0, 0.1) is 5.92 Å². The number of carbonyl (C=O) groups excluding carboxylic acids is 2. The lowest BCUT2D eigenvalue weighted by atomic mass is 10.0. The van der Waals surface area contributed by atoms with E-state index < -0.39 is 35.7 Å². The Hall–Kier alpha value is -4.94. The summed E-state index contributed by atoms with van der Waals surface area (Å²) in [5, 5.41) is 24.8. The van der Waals surface area contributed by atoms with Gasteiger partial charge in [-0.05, 0) is 54.4 Å². The Kier molecular flexibility index (Phi) is 7.51. The Morgan fingerprint density at radius 1 is 0.923 bits per heavy atom. The van der Waals surface area contributed by atoms with E-state index in [0.29, 0.717) is 17.1 Å². The smallest absolute Gasteiger partial charge is 0.418 e. The zero-order valence-electron chi connectivity index (χ0n) is 20.7. The number of carboxylic acid groups (broad SMARTS) is 1. The van der Waals surface area contributed by atoms with Crippen LogP contribution in [0.25, 0.3) is 17.0 Å². The maximum absolute atomic E-state index is 13.2. The number of nitrogens with one attached hydrogen (secondary N) is 3. The lowest BCUT2D eigenvalue weighted by Gasteiger charge is -2.17. The summed E-state index contributed by atoms with van der Waals surface area (Å²) >= 11 is 0. The van der Waals surface area contributed by atoms with Crippen LogP contribution in [-0.2, 0) is 11.0 Å². The van der Waals surface area contributed by atoms with Crippen molar-refractivity contribution in [3.05, 3.63) is 78.0 Å².